The first-order valence-corrected chi connectivity index (χ1v) is 7.48. The zero-order valence-corrected chi connectivity index (χ0v) is 12.3. The highest BCUT2D eigenvalue weighted by molar-refractivity contribution is 7.98. The molecule has 3 rings (SSSR count). The number of pyridine rings is 1. The number of hydrogen-bond acceptors (Lipinski definition) is 5. The van der Waals surface area contributed by atoms with Gasteiger partial charge in [-0.1, -0.05) is 28.9 Å². The maximum absolute atomic E-state index is 11.5. The summed E-state index contributed by atoms with van der Waals surface area (Å²) in [5.41, 5.74) is 0.793. The average Bonchev–Trinajstić information content (AvgIpc) is 2.95. The standard InChI is InChI=1S/C14H10ClN3O2S/c15-11-5-3-4-10(8-11)14-16-12(20-17-14)9-21-13-6-1-2-7-18(13)19/h1-8H,9H2. The summed E-state index contributed by atoms with van der Waals surface area (Å²) in [6, 6.07) is 12.5. The number of halogens is 1. The number of thioether (sulfide) groups is 1. The number of benzene rings is 1. The van der Waals surface area contributed by atoms with Gasteiger partial charge in [0.2, 0.25) is 11.7 Å². The van der Waals surface area contributed by atoms with Crippen molar-refractivity contribution in [2.24, 2.45) is 0 Å². The molecule has 0 spiro atoms. The van der Waals surface area contributed by atoms with Crippen LogP contribution in [0.3, 0.4) is 0 Å². The summed E-state index contributed by atoms with van der Waals surface area (Å²) in [4.78, 5) is 4.30. The summed E-state index contributed by atoms with van der Waals surface area (Å²) >= 11 is 7.27. The minimum atomic E-state index is 0.430. The summed E-state index contributed by atoms with van der Waals surface area (Å²) in [6.45, 7) is 0. The zero-order chi connectivity index (χ0) is 14.7. The molecule has 7 heteroatoms. The largest absolute Gasteiger partial charge is 0.618 e. The first-order chi connectivity index (χ1) is 10.2. The molecule has 2 aromatic heterocycles. The van der Waals surface area contributed by atoms with Gasteiger partial charge in [-0.2, -0.15) is 9.71 Å². The molecule has 0 fully saturated rings. The number of hydrogen-bond donors (Lipinski definition) is 0. The van der Waals surface area contributed by atoms with Crippen LogP contribution in [0.15, 0.2) is 58.2 Å². The summed E-state index contributed by atoms with van der Waals surface area (Å²) in [5, 5.41) is 16.6. The number of aromatic nitrogens is 3. The van der Waals surface area contributed by atoms with Crippen LogP contribution in [-0.4, -0.2) is 10.1 Å². The van der Waals surface area contributed by atoms with Gasteiger partial charge < -0.3 is 9.73 Å². The Kier molecular flexibility index (Phi) is 4.08. The molecule has 21 heavy (non-hydrogen) atoms. The summed E-state index contributed by atoms with van der Waals surface area (Å²) in [7, 11) is 0. The molecule has 0 aliphatic carbocycles. The summed E-state index contributed by atoms with van der Waals surface area (Å²) < 4.78 is 5.99. The Hall–Kier alpha value is -2.05. The number of nitrogens with zero attached hydrogens (tertiary/aromatic N) is 3. The first kappa shape index (κ1) is 13.9. The van der Waals surface area contributed by atoms with Gasteiger partial charge in [0.1, 0.15) is 0 Å². The van der Waals surface area contributed by atoms with E-state index < -0.39 is 0 Å². The molecule has 0 atom stereocenters. The van der Waals surface area contributed by atoms with Crippen molar-refractivity contribution in [2.45, 2.75) is 10.8 Å². The average molecular weight is 320 g/mol. The van der Waals surface area contributed by atoms with Crippen molar-refractivity contribution in [1.82, 2.24) is 10.1 Å². The van der Waals surface area contributed by atoms with E-state index in [0.717, 1.165) is 10.3 Å². The van der Waals surface area contributed by atoms with Crippen LogP contribution in [0.4, 0.5) is 0 Å². The maximum Gasteiger partial charge on any atom is 0.251 e. The Morgan fingerprint density at radius 1 is 1.24 bits per heavy atom. The Morgan fingerprint density at radius 2 is 2.14 bits per heavy atom. The molecule has 0 aliphatic heterocycles. The van der Waals surface area contributed by atoms with Gasteiger partial charge in [-0.15, -0.1) is 0 Å². The monoisotopic (exact) mass is 319 g/mol. The highest BCUT2D eigenvalue weighted by Crippen LogP contribution is 2.23. The van der Waals surface area contributed by atoms with Crippen LogP contribution in [0.1, 0.15) is 5.89 Å². The molecule has 0 saturated carbocycles. The van der Waals surface area contributed by atoms with E-state index in [0.29, 0.717) is 27.5 Å². The van der Waals surface area contributed by atoms with Crippen LogP contribution in [0.25, 0.3) is 11.4 Å². The second-order valence-corrected chi connectivity index (χ2v) is 5.61. The van der Waals surface area contributed by atoms with Crippen molar-refractivity contribution >= 4 is 23.4 Å². The lowest BCUT2D eigenvalue weighted by Crippen LogP contribution is -2.27. The molecule has 0 bridgehead atoms. The third-order valence-electron chi connectivity index (χ3n) is 2.68. The Morgan fingerprint density at radius 3 is 2.95 bits per heavy atom. The lowest BCUT2D eigenvalue weighted by atomic mass is 10.2. The van der Waals surface area contributed by atoms with Crippen molar-refractivity contribution in [3.63, 3.8) is 0 Å². The second kappa shape index (κ2) is 6.15. The van der Waals surface area contributed by atoms with Crippen molar-refractivity contribution in [3.05, 3.63) is 64.8 Å². The highest BCUT2D eigenvalue weighted by Gasteiger charge is 2.12. The topological polar surface area (TPSA) is 65.9 Å². The van der Waals surface area contributed by atoms with E-state index in [1.807, 2.05) is 18.2 Å². The van der Waals surface area contributed by atoms with Crippen molar-refractivity contribution in [1.29, 1.82) is 0 Å². The smallest absolute Gasteiger partial charge is 0.251 e. The predicted octanol–water partition coefficient (Wildman–Crippen LogP) is 3.32. The lowest BCUT2D eigenvalue weighted by Gasteiger charge is -2.00. The van der Waals surface area contributed by atoms with Gasteiger partial charge in [-0.25, -0.2) is 0 Å². The predicted molar refractivity (Wildman–Crippen MR) is 79.7 cm³/mol. The van der Waals surface area contributed by atoms with E-state index >= 15 is 0 Å². The van der Waals surface area contributed by atoms with Crippen LogP contribution >= 0.6 is 23.4 Å². The van der Waals surface area contributed by atoms with Crippen LogP contribution in [0, 0.1) is 5.21 Å². The fourth-order valence-electron chi connectivity index (χ4n) is 1.72. The van der Waals surface area contributed by atoms with Crippen LogP contribution in [0.2, 0.25) is 5.02 Å². The lowest BCUT2D eigenvalue weighted by molar-refractivity contribution is -0.645. The highest BCUT2D eigenvalue weighted by atomic mass is 35.5. The summed E-state index contributed by atoms with van der Waals surface area (Å²) in [5.74, 6) is 1.37. The third-order valence-corrected chi connectivity index (χ3v) is 3.92. The zero-order valence-electron chi connectivity index (χ0n) is 10.8. The van der Waals surface area contributed by atoms with Gasteiger partial charge in [0.15, 0.2) is 6.20 Å². The van der Waals surface area contributed by atoms with Crippen LogP contribution in [0.5, 0.6) is 0 Å². The molecule has 0 amide bonds. The molecular formula is C14H10ClN3O2S. The quantitative estimate of drug-likeness (QED) is 0.419. The third kappa shape index (κ3) is 3.34. The van der Waals surface area contributed by atoms with Gasteiger partial charge >= 0.3 is 0 Å². The fourth-order valence-corrected chi connectivity index (χ4v) is 2.66. The molecule has 3 aromatic rings. The Balaban J connectivity index is 1.72. The van der Waals surface area contributed by atoms with Crippen molar-refractivity contribution in [2.75, 3.05) is 0 Å². The van der Waals surface area contributed by atoms with Gasteiger partial charge in [-0.05, 0) is 30.0 Å². The van der Waals surface area contributed by atoms with E-state index in [1.54, 1.807) is 24.3 Å². The van der Waals surface area contributed by atoms with Crippen LogP contribution < -0.4 is 4.73 Å². The van der Waals surface area contributed by atoms with E-state index in [9.17, 15) is 5.21 Å². The van der Waals surface area contributed by atoms with Crippen molar-refractivity contribution < 1.29 is 9.25 Å². The maximum atomic E-state index is 11.5. The Bertz CT molecular complexity index is 763. The van der Waals surface area contributed by atoms with Crippen molar-refractivity contribution in [3.8, 4) is 11.4 Å². The normalized spacial score (nSPS) is 10.7. The molecule has 0 N–H and O–H groups in total. The first-order valence-electron chi connectivity index (χ1n) is 6.12. The van der Waals surface area contributed by atoms with Crippen LogP contribution in [-0.2, 0) is 5.75 Å². The second-order valence-electron chi connectivity index (χ2n) is 4.18. The van der Waals surface area contributed by atoms with Gasteiger partial charge in [0.05, 0.1) is 5.75 Å². The SMILES string of the molecule is [O-][n+]1ccccc1SCc1nc(-c2cccc(Cl)c2)no1. The molecule has 2 heterocycles. The molecule has 0 saturated heterocycles. The minimum absolute atomic E-state index is 0.430. The minimum Gasteiger partial charge on any atom is -0.618 e. The molecular weight excluding hydrogens is 310 g/mol. The molecule has 106 valence electrons. The number of rotatable bonds is 4. The molecule has 0 unspecified atom stereocenters. The van der Waals surface area contributed by atoms with E-state index in [2.05, 4.69) is 10.1 Å². The summed E-state index contributed by atoms with van der Waals surface area (Å²) in [6.07, 6.45) is 1.45. The van der Waals surface area contributed by atoms with E-state index in [-0.39, 0.29) is 0 Å². The molecule has 5 nitrogen and oxygen atoms in total. The molecule has 0 radical (unpaired) electrons. The van der Waals surface area contributed by atoms with Gasteiger partial charge in [0.25, 0.3) is 5.03 Å². The van der Waals surface area contributed by atoms with E-state index in [1.165, 1.54) is 18.0 Å². The van der Waals surface area contributed by atoms with Gasteiger partial charge in [-0.3, -0.25) is 0 Å². The van der Waals surface area contributed by atoms with Gasteiger partial charge in [0, 0.05) is 22.7 Å². The Labute approximate surface area is 130 Å². The van der Waals surface area contributed by atoms with E-state index in [4.69, 9.17) is 16.1 Å². The molecule has 1 aromatic carbocycles. The fraction of sp³-hybridized carbons (Fsp3) is 0.0714. The molecule has 0 aliphatic rings.